The van der Waals surface area contributed by atoms with Gasteiger partial charge in [0.1, 0.15) is 16.3 Å². The Kier molecular flexibility index (Phi) is 8.44. The number of morpholine rings is 1. The Hall–Kier alpha value is -4.53. The number of para-hydroxylation sites is 1. The van der Waals surface area contributed by atoms with Crippen LogP contribution >= 0.6 is 0 Å². The molecule has 45 heavy (non-hydrogen) atoms. The van der Waals surface area contributed by atoms with Gasteiger partial charge >= 0.3 is 0 Å². The highest BCUT2D eigenvalue weighted by Gasteiger charge is 2.32. The number of nitro benzene ring substituents is 1. The van der Waals surface area contributed by atoms with Gasteiger partial charge in [0.15, 0.2) is 5.75 Å². The summed E-state index contributed by atoms with van der Waals surface area (Å²) < 4.78 is 39.5. The van der Waals surface area contributed by atoms with Gasteiger partial charge < -0.3 is 25.8 Å². The molecule has 1 aliphatic carbocycles. The lowest BCUT2D eigenvalue weighted by Crippen LogP contribution is -2.46. The summed E-state index contributed by atoms with van der Waals surface area (Å²) in [7, 11) is -4.46. The number of hydrogen-bond acceptors (Lipinski definition) is 10. The molecule has 0 aromatic heterocycles. The number of hydrogen-bond donors (Lipinski definition) is 3. The van der Waals surface area contributed by atoms with Crippen LogP contribution in [0.2, 0.25) is 0 Å². The van der Waals surface area contributed by atoms with E-state index < -0.39 is 25.6 Å². The molecule has 2 fully saturated rings. The summed E-state index contributed by atoms with van der Waals surface area (Å²) in [6.45, 7) is 3.27. The predicted molar refractivity (Wildman–Crippen MR) is 164 cm³/mol. The minimum Gasteiger partial charge on any atom is -0.455 e. The highest BCUT2D eigenvalue weighted by molar-refractivity contribution is 7.91. The van der Waals surface area contributed by atoms with Crippen molar-refractivity contribution in [3.05, 3.63) is 75.8 Å². The molecule has 2 aliphatic heterocycles. The highest BCUT2D eigenvalue weighted by atomic mass is 32.2. The van der Waals surface area contributed by atoms with Crippen LogP contribution in [-0.2, 0) is 25.8 Å². The molecule has 0 spiro atoms. The van der Waals surface area contributed by atoms with E-state index in [0.29, 0.717) is 17.3 Å². The van der Waals surface area contributed by atoms with Crippen LogP contribution in [0.4, 0.5) is 17.1 Å². The van der Waals surface area contributed by atoms with Crippen LogP contribution in [0.5, 0.6) is 11.5 Å². The number of nitrogens with one attached hydrogen (secondary N) is 2. The van der Waals surface area contributed by atoms with Gasteiger partial charge in [0.25, 0.3) is 11.6 Å². The Morgan fingerprint density at radius 3 is 2.51 bits per heavy atom. The number of rotatable bonds is 9. The van der Waals surface area contributed by atoms with Gasteiger partial charge in [-0.05, 0) is 62.1 Å². The maximum absolute atomic E-state index is 14.0. The van der Waals surface area contributed by atoms with Gasteiger partial charge in [-0.1, -0.05) is 12.1 Å². The molecule has 0 atom stereocenters. The van der Waals surface area contributed by atoms with Gasteiger partial charge in [0.05, 0.1) is 35.0 Å². The number of benzene rings is 3. The Bertz CT molecular complexity index is 1770. The van der Waals surface area contributed by atoms with Crippen molar-refractivity contribution in [2.45, 2.75) is 54.0 Å². The Morgan fingerprint density at radius 1 is 1.07 bits per heavy atom. The molecule has 6 rings (SSSR count). The first-order chi connectivity index (χ1) is 21.6. The average Bonchev–Trinajstić information content (AvgIpc) is 3.43. The fourth-order valence-corrected chi connectivity index (χ4v) is 7.70. The molecule has 0 unspecified atom stereocenters. The molecule has 3 aliphatic rings. The van der Waals surface area contributed by atoms with Crippen LogP contribution in [-0.4, -0.2) is 68.4 Å². The summed E-state index contributed by atoms with van der Waals surface area (Å²) in [5, 5.41) is 18.1. The number of fused-ring (bicyclic) bond motifs is 1. The van der Waals surface area contributed by atoms with E-state index in [4.69, 9.17) is 15.2 Å². The number of nitrogens with two attached hydrogens (primary N) is 1. The summed E-state index contributed by atoms with van der Waals surface area (Å²) >= 11 is 0. The first-order valence-corrected chi connectivity index (χ1v) is 16.2. The van der Waals surface area contributed by atoms with Crippen molar-refractivity contribution in [2.75, 3.05) is 36.9 Å². The van der Waals surface area contributed by atoms with Crippen molar-refractivity contribution in [1.29, 1.82) is 0 Å². The number of sulfone groups is 1. The van der Waals surface area contributed by atoms with Crippen molar-refractivity contribution >= 4 is 38.7 Å². The first kappa shape index (κ1) is 30.5. The molecule has 0 bridgehead atoms. The van der Waals surface area contributed by atoms with E-state index in [1.807, 2.05) is 0 Å². The summed E-state index contributed by atoms with van der Waals surface area (Å²) in [5.74, 6) is -1.36. The molecule has 2 amide bonds. The standard InChI is InChI=1S/C31H33N5O8S/c32-31(38)22-3-1-6-28(30(22)44-27-5-2-4-24-23(27)18-29(37)34-24)45(41,42)21-11-12-25(26(17-21)36(39)40)33-19-7-9-20(10-8-19)35-13-15-43-16-14-35/h1-6,11-12,17,19-20,33H,7-10,13-16,18H2,(H2,32,38)(H,34,37). The SMILES string of the molecule is NC(=O)c1cccc(S(=O)(=O)c2ccc(NC3CCC(N4CCOCC4)CC3)c([N+](=O)[O-])c2)c1Oc1cccc2c1CC(=O)N2. The minimum absolute atomic E-state index is 0.00184. The van der Waals surface area contributed by atoms with E-state index in [9.17, 15) is 28.1 Å². The Morgan fingerprint density at radius 2 is 1.80 bits per heavy atom. The van der Waals surface area contributed by atoms with Crippen molar-refractivity contribution in [1.82, 2.24) is 4.90 Å². The van der Waals surface area contributed by atoms with E-state index in [0.717, 1.165) is 58.1 Å². The lowest BCUT2D eigenvalue weighted by Gasteiger charge is -2.39. The van der Waals surface area contributed by atoms with Gasteiger partial charge in [0, 0.05) is 42.5 Å². The Labute approximate surface area is 259 Å². The number of nitro groups is 1. The van der Waals surface area contributed by atoms with Crippen molar-refractivity contribution in [3.8, 4) is 11.5 Å². The van der Waals surface area contributed by atoms with Gasteiger partial charge in [0.2, 0.25) is 15.7 Å². The molecule has 3 aromatic rings. The summed E-state index contributed by atoms with van der Waals surface area (Å²) in [6.07, 6.45) is 3.55. The summed E-state index contributed by atoms with van der Waals surface area (Å²) in [4.78, 5) is 37.6. The van der Waals surface area contributed by atoms with Crippen LogP contribution in [0.15, 0.2) is 64.4 Å². The van der Waals surface area contributed by atoms with Gasteiger partial charge in [-0.3, -0.25) is 24.6 Å². The van der Waals surface area contributed by atoms with Gasteiger partial charge in [-0.2, -0.15) is 0 Å². The van der Waals surface area contributed by atoms with Crippen molar-refractivity contribution in [2.24, 2.45) is 5.73 Å². The quantitative estimate of drug-likeness (QED) is 0.230. The predicted octanol–water partition coefficient (Wildman–Crippen LogP) is 3.87. The second kappa shape index (κ2) is 12.5. The topological polar surface area (TPSA) is 183 Å². The van der Waals surface area contributed by atoms with Crippen LogP contribution in [0.3, 0.4) is 0 Å². The number of anilines is 2. The zero-order chi connectivity index (χ0) is 31.7. The smallest absolute Gasteiger partial charge is 0.293 e. The third kappa shape index (κ3) is 6.21. The third-order valence-corrected chi connectivity index (χ3v) is 10.4. The molecule has 14 heteroatoms. The molecular weight excluding hydrogens is 602 g/mol. The van der Waals surface area contributed by atoms with Crippen molar-refractivity contribution in [3.63, 3.8) is 0 Å². The Balaban J connectivity index is 1.28. The zero-order valence-electron chi connectivity index (χ0n) is 24.4. The first-order valence-electron chi connectivity index (χ1n) is 14.8. The van der Waals surface area contributed by atoms with Gasteiger partial charge in [-0.25, -0.2) is 8.42 Å². The normalized spacial score (nSPS) is 20.2. The van der Waals surface area contributed by atoms with Crippen LogP contribution in [0.1, 0.15) is 41.6 Å². The molecule has 4 N–H and O–H groups in total. The number of carbonyl (C=O) groups excluding carboxylic acids is 2. The summed E-state index contributed by atoms with van der Waals surface area (Å²) in [5.41, 5.74) is 6.24. The lowest BCUT2D eigenvalue weighted by atomic mass is 9.89. The monoisotopic (exact) mass is 635 g/mol. The molecule has 0 radical (unpaired) electrons. The maximum atomic E-state index is 14.0. The molecule has 2 heterocycles. The van der Waals surface area contributed by atoms with E-state index in [2.05, 4.69) is 15.5 Å². The fraction of sp³-hybridized carbons (Fsp3) is 0.355. The molecule has 13 nitrogen and oxygen atoms in total. The number of nitrogens with zero attached hydrogens (tertiary/aromatic N) is 2. The van der Waals surface area contributed by atoms with E-state index in [1.54, 1.807) is 18.2 Å². The fourth-order valence-electron chi connectivity index (χ4n) is 6.28. The van der Waals surface area contributed by atoms with E-state index >= 15 is 0 Å². The highest BCUT2D eigenvalue weighted by Crippen LogP contribution is 2.41. The maximum Gasteiger partial charge on any atom is 0.293 e. The average molecular weight is 636 g/mol. The molecule has 1 saturated heterocycles. The minimum atomic E-state index is -4.46. The molecular formula is C31H33N5O8S. The number of amides is 2. The lowest BCUT2D eigenvalue weighted by molar-refractivity contribution is -0.384. The third-order valence-electron chi connectivity index (χ3n) is 8.58. The molecule has 1 saturated carbocycles. The van der Waals surface area contributed by atoms with Crippen molar-refractivity contribution < 1.29 is 32.4 Å². The summed E-state index contributed by atoms with van der Waals surface area (Å²) in [6, 6.07) is 12.9. The largest absolute Gasteiger partial charge is 0.455 e. The van der Waals surface area contributed by atoms with Crippen LogP contribution in [0, 0.1) is 10.1 Å². The second-order valence-electron chi connectivity index (χ2n) is 11.3. The van der Waals surface area contributed by atoms with E-state index in [1.165, 1.54) is 30.3 Å². The van der Waals surface area contributed by atoms with Gasteiger partial charge in [-0.15, -0.1) is 0 Å². The van der Waals surface area contributed by atoms with Crippen LogP contribution in [0.25, 0.3) is 0 Å². The number of primary amides is 1. The van der Waals surface area contributed by atoms with Crippen LogP contribution < -0.4 is 21.1 Å². The molecule has 3 aromatic carbocycles. The molecule has 236 valence electrons. The second-order valence-corrected chi connectivity index (χ2v) is 13.3. The number of ether oxygens (including phenoxy) is 2. The zero-order valence-corrected chi connectivity index (χ0v) is 25.2. The van der Waals surface area contributed by atoms with E-state index in [-0.39, 0.29) is 51.7 Å². The number of carbonyl (C=O) groups is 2.